The lowest BCUT2D eigenvalue weighted by Crippen LogP contribution is -2.60. The van der Waals surface area contributed by atoms with Crippen molar-refractivity contribution in [3.63, 3.8) is 0 Å². The molecular weight excluding hydrogens is 734 g/mol. The molecule has 2 aromatic rings. The number of cyclic esters (lactones) is 1. The minimum atomic E-state index is -1.25. The number of allylic oxidation sites excluding steroid dienone is 1. The molecule has 0 radical (unpaired) electrons. The van der Waals surface area contributed by atoms with Crippen LogP contribution in [0.2, 0.25) is 0 Å². The number of carbonyl (C=O) groups excluding carboxylic acids is 3. The maximum Gasteiger partial charge on any atom is 0.411 e. The fraction of sp³-hybridized carbons (Fsp3) is 0.707. The van der Waals surface area contributed by atoms with Gasteiger partial charge in [0.05, 0.1) is 42.3 Å². The van der Waals surface area contributed by atoms with Gasteiger partial charge in [-0.2, -0.15) is 0 Å². The van der Waals surface area contributed by atoms with Gasteiger partial charge < -0.3 is 39.0 Å². The summed E-state index contributed by atoms with van der Waals surface area (Å²) < 4.78 is 32.8. The van der Waals surface area contributed by atoms with E-state index in [1.807, 2.05) is 83.2 Å². The van der Waals surface area contributed by atoms with Crippen LogP contribution in [0.4, 0.5) is 4.79 Å². The molecule has 316 valence electrons. The first-order chi connectivity index (χ1) is 27.0. The lowest BCUT2D eigenvalue weighted by Gasteiger charge is -2.45. The highest BCUT2D eigenvalue weighted by atomic mass is 16.7. The number of rotatable bonds is 10. The average Bonchev–Trinajstić information content (AvgIpc) is 3.76. The van der Waals surface area contributed by atoms with Crippen molar-refractivity contribution in [3.8, 4) is 11.4 Å². The number of pyridine rings is 1. The van der Waals surface area contributed by atoms with Crippen molar-refractivity contribution in [1.82, 2.24) is 35.1 Å². The summed E-state index contributed by atoms with van der Waals surface area (Å²) in [6, 6.07) is 4.50. The summed E-state index contributed by atoms with van der Waals surface area (Å²) in [7, 11) is 5.37. The van der Waals surface area contributed by atoms with Crippen molar-refractivity contribution in [1.29, 1.82) is 0 Å². The first-order valence-electron chi connectivity index (χ1n) is 20.1. The van der Waals surface area contributed by atoms with E-state index in [1.54, 1.807) is 29.8 Å². The Morgan fingerprint density at radius 2 is 1.82 bits per heavy atom. The number of nitrogens with one attached hydrogen (secondary N) is 1. The smallest absolute Gasteiger partial charge is 0.411 e. The molecule has 16 heteroatoms. The molecule has 5 heterocycles. The van der Waals surface area contributed by atoms with Gasteiger partial charge in [0, 0.05) is 38.4 Å². The van der Waals surface area contributed by atoms with E-state index in [0.29, 0.717) is 38.0 Å². The largest absolute Gasteiger partial charge is 0.458 e. The van der Waals surface area contributed by atoms with E-state index in [0.717, 1.165) is 5.69 Å². The highest BCUT2D eigenvalue weighted by Gasteiger charge is 2.58. The van der Waals surface area contributed by atoms with Crippen LogP contribution in [0.1, 0.15) is 74.1 Å². The zero-order chi connectivity index (χ0) is 41.7. The third-order valence-electron chi connectivity index (χ3n) is 11.9. The van der Waals surface area contributed by atoms with Gasteiger partial charge in [-0.1, -0.05) is 37.3 Å². The van der Waals surface area contributed by atoms with E-state index in [-0.39, 0.29) is 37.1 Å². The van der Waals surface area contributed by atoms with Crippen LogP contribution in [0, 0.1) is 11.8 Å². The number of aromatic nitrogens is 4. The van der Waals surface area contributed by atoms with Crippen molar-refractivity contribution in [3.05, 3.63) is 42.7 Å². The molecule has 3 aliphatic heterocycles. The summed E-state index contributed by atoms with van der Waals surface area (Å²) in [6.45, 7) is 14.2. The Morgan fingerprint density at radius 3 is 2.49 bits per heavy atom. The summed E-state index contributed by atoms with van der Waals surface area (Å²) >= 11 is 0. The van der Waals surface area contributed by atoms with Crippen LogP contribution in [0.15, 0.2) is 42.7 Å². The third-order valence-corrected chi connectivity index (χ3v) is 11.9. The number of esters is 1. The van der Waals surface area contributed by atoms with E-state index in [9.17, 15) is 19.5 Å². The second-order valence-corrected chi connectivity index (χ2v) is 16.6. The van der Waals surface area contributed by atoms with Crippen molar-refractivity contribution in [2.24, 2.45) is 11.8 Å². The van der Waals surface area contributed by atoms with E-state index >= 15 is 0 Å². The number of ketones is 1. The molecule has 3 aliphatic rings. The number of aliphatic hydroxyl groups is 1. The Morgan fingerprint density at radius 1 is 1.09 bits per heavy atom. The minimum Gasteiger partial charge on any atom is -0.458 e. The van der Waals surface area contributed by atoms with Crippen LogP contribution < -0.4 is 5.32 Å². The Labute approximate surface area is 336 Å². The molecule has 1 amide bonds. The van der Waals surface area contributed by atoms with Crippen LogP contribution in [-0.2, 0) is 39.8 Å². The van der Waals surface area contributed by atoms with Crippen molar-refractivity contribution in [2.45, 2.75) is 141 Å². The summed E-state index contributed by atoms with van der Waals surface area (Å²) in [5, 5.41) is 23.4. The molecule has 2 aromatic heterocycles. The van der Waals surface area contributed by atoms with Crippen molar-refractivity contribution in [2.75, 3.05) is 34.3 Å². The van der Waals surface area contributed by atoms with Gasteiger partial charge >= 0.3 is 12.1 Å². The number of ether oxygens (including phenoxy) is 5. The molecule has 16 nitrogen and oxygen atoms in total. The summed E-state index contributed by atoms with van der Waals surface area (Å²) in [5.74, 6) is -2.31. The third kappa shape index (κ3) is 10.1. The number of fused-ring (bicyclic) bond motifs is 1. The predicted molar refractivity (Wildman–Crippen MR) is 211 cm³/mol. The Kier molecular flexibility index (Phi) is 14.7. The highest BCUT2D eigenvalue weighted by molar-refractivity contribution is 5.99. The van der Waals surface area contributed by atoms with Crippen LogP contribution in [0.5, 0.6) is 0 Å². The van der Waals surface area contributed by atoms with Crippen molar-refractivity contribution < 1.29 is 43.2 Å². The van der Waals surface area contributed by atoms with Crippen molar-refractivity contribution >= 4 is 17.8 Å². The quantitative estimate of drug-likeness (QED) is 0.202. The van der Waals surface area contributed by atoms with E-state index in [1.165, 1.54) is 6.92 Å². The normalized spacial score (nSPS) is 36.1. The Bertz CT molecular complexity index is 1690. The lowest BCUT2D eigenvalue weighted by atomic mass is 9.83. The SMILES string of the molecule is CC[C@H]1OC(=O)[C@H](C)C(=O)C[C@@H](O[C@@H]2O[C@H](C)CC(N(C)C)C2O)[C@](C)(OC)C[C@@H](C)CN[C@H](C)[C@H]2N(C/C=C/Cn3cc(-c4ccccn4)nn3)C(=O)O[C@]12C. The molecule has 3 saturated heterocycles. The lowest BCUT2D eigenvalue weighted by molar-refractivity contribution is -0.289. The second kappa shape index (κ2) is 18.9. The maximum atomic E-state index is 14.0. The summed E-state index contributed by atoms with van der Waals surface area (Å²) in [4.78, 5) is 49.5. The number of hydrogen-bond acceptors (Lipinski definition) is 14. The predicted octanol–water partition coefficient (Wildman–Crippen LogP) is 3.63. The Balaban J connectivity index is 1.38. The topological polar surface area (TPSA) is 180 Å². The second-order valence-electron chi connectivity index (χ2n) is 16.6. The molecule has 12 atom stereocenters. The number of nitrogens with zero attached hydrogens (tertiary/aromatic N) is 6. The van der Waals surface area contributed by atoms with Gasteiger partial charge in [-0.3, -0.25) is 19.5 Å². The van der Waals surface area contributed by atoms with E-state index in [2.05, 4.69) is 27.5 Å². The van der Waals surface area contributed by atoms with Crippen LogP contribution in [-0.4, -0.2) is 147 Å². The van der Waals surface area contributed by atoms with Gasteiger partial charge in [-0.05, 0) is 92.6 Å². The summed E-state index contributed by atoms with van der Waals surface area (Å²) in [5.41, 5.74) is -0.896. The van der Waals surface area contributed by atoms with E-state index < -0.39 is 65.6 Å². The number of methoxy groups -OCH3 is 1. The van der Waals surface area contributed by atoms with Gasteiger partial charge in [0.25, 0.3) is 0 Å². The molecular formula is C41H63N7O9. The molecule has 0 spiro atoms. The number of likely N-dealkylation sites (N-methyl/N-ethyl adjacent to an activating group) is 1. The number of Topliss-reactive ketones (excluding diaryl/α,β-unsaturated/α-hetero) is 1. The van der Waals surface area contributed by atoms with Gasteiger partial charge in [0.2, 0.25) is 0 Å². The number of carbonyl (C=O) groups is 3. The molecule has 0 aromatic carbocycles. The molecule has 57 heavy (non-hydrogen) atoms. The monoisotopic (exact) mass is 797 g/mol. The molecule has 2 N–H and O–H groups in total. The van der Waals surface area contributed by atoms with Gasteiger partial charge in [0.15, 0.2) is 11.9 Å². The van der Waals surface area contributed by atoms with Crippen LogP contribution in [0.3, 0.4) is 0 Å². The van der Waals surface area contributed by atoms with Gasteiger partial charge in [-0.15, -0.1) is 5.10 Å². The van der Waals surface area contributed by atoms with E-state index in [4.69, 9.17) is 23.7 Å². The number of amides is 1. The van der Waals surface area contributed by atoms with Gasteiger partial charge in [-0.25, -0.2) is 9.48 Å². The number of hydrogen-bond donors (Lipinski definition) is 2. The molecule has 3 fully saturated rings. The summed E-state index contributed by atoms with van der Waals surface area (Å²) in [6.07, 6.45) is 4.05. The molecule has 5 rings (SSSR count). The first-order valence-corrected chi connectivity index (χ1v) is 20.1. The highest BCUT2D eigenvalue weighted by Crippen LogP contribution is 2.39. The maximum absolute atomic E-state index is 14.0. The Hall–Kier alpha value is -3.80. The zero-order valence-corrected chi connectivity index (χ0v) is 35.2. The fourth-order valence-corrected chi connectivity index (χ4v) is 8.50. The zero-order valence-electron chi connectivity index (χ0n) is 35.2. The molecule has 0 aliphatic carbocycles. The minimum absolute atomic E-state index is 0.0112. The number of aliphatic hydroxyl groups excluding tert-OH is 1. The molecule has 0 bridgehead atoms. The van der Waals surface area contributed by atoms with Crippen LogP contribution in [0.25, 0.3) is 11.4 Å². The van der Waals surface area contributed by atoms with Gasteiger partial charge in [0.1, 0.15) is 29.6 Å². The fourth-order valence-electron chi connectivity index (χ4n) is 8.50. The molecule has 2 unspecified atom stereocenters. The standard InChI is InChI=1S/C41H63N7O9/c1-11-33-41(7)36(48(39(52)57-41)19-15-14-18-47-24-30(44-45-47)29-16-12-13-17-42-29)28(5)43-23-25(2)22-40(6,53-10)34(21-32(49)27(4)37(51)55-33)56-38-35(50)31(46(8)9)20-26(3)54-38/h12-17,24-28,31,33-36,38,43,50H,11,18-23H2,1-10H3/b15-14+/t25-,26-,27-,28-,31?,33-,34-,35?,36-,38+,40-,41-/m1/s1. The first kappa shape index (κ1) is 44.3. The average molecular weight is 798 g/mol. The molecule has 0 saturated carbocycles. The van der Waals surface area contributed by atoms with Crippen LogP contribution >= 0.6 is 0 Å².